The zero-order valence-corrected chi connectivity index (χ0v) is 10.2. The molecule has 1 aromatic rings. The zero-order chi connectivity index (χ0) is 14.3. The molecule has 0 aromatic heterocycles. The van der Waals surface area contributed by atoms with E-state index in [1.165, 1.54) is 0 Å². The number of amides is 1. The number of para-hydroxylation sites is 2. The van der Waals surface area contributed by atoms with Gasteiger partial charge >= 0.3 is 6.18 Å². The van der Waals surface area contributed by atoms with Gasteiger partial charge in [-0.05, 0) is 12.1 Å². The third-order valence-corrected chi connectivity index (χ3v) is 2.24. The molecule has 0 unspecified atom stereocenters. The maximum absolute atomic E-state index is 11.9. The largest absolute Gasteiger partial charge is 0.490 e. The van der Waals surface area contributed by atoms with Gasteiger partial charge in [-0.3, -0.25) is 4.79 Å². The van der Waals surface area contributed by atoms with Crippen LogP contribution in [0.3, 0.4) is 0 Å². The van der Waals surface area contributed by atoms with Crippen molar-refractivity contribution in [2.75, 3.05) is 18.9 Å². The molecule has 0 fully saturated rings. The van der Waals surface area contributed by atoms with Crippen LogP contribution in [0.1, 0.15) is 12.8 Å². The fourth-order valence-electron chi connectivity index (χ4n) is 1.31. The van der Waals surface area contributed by atoms with Gasteiger partial charge in [0.2, 0.25) is 5.91 Å². The minimum absolute atomic E-state index is 0.130. The standard InChI is InChI=1S/C12H15F3N2O2/c13-12(14,15)6-5-11(18)17-7-8-19-10-4-2-1-3-9(10)16/h1-4H,5-8,16H2,(H,17,18). The van der Waals surface area contributed by atoms with Crippen molar-refractivity contribution in [1.29, 1.82) is 0 Å². The molecule has 3 N–H and O–H groups in total. The Kier molecular flexibility index (Phi) is 5.47. The second-order valence-electron chi connectivity index (χ2n) is 3.85. The van der Waals surface area contributed by atoms with Crippen molar-refractivity contribution in [3.63, 3.8) is 0 Å². The predicted octanol–water partition coefficient (Wildman–Crippen LogP) is 2.11. The first-order chi connectivity index (χ1) is 8.88. The van der Waals surface area contributed by atoms with Gasteiger partial charge in [-0.15, -0.1) is 0 Å². The third kappa shape index (κ3) is 6.54. The second kappa shape index (κ2) is 6.86. The number of nitrogens with one attached hydrogen (secondary N) is 1. The highest BCUT2D eigenvalue weighted by atomic mass is 19.4. The lowest BCUT2D eigenvalue weighted by Gasteiger charge is -2.10. The Bertz CT molecular complexity index is 422. The van der Waals surface area contributed by atoms with E-state index in [1.807, 2.05) is 0 Å². The highest BCUT2D eigenvalue weighted by Gasteiger charge is 2.27. The average Bonchev–Trinajstić information content (AvgIpc) is 2.33. The van der Waals surface area contributed by atoms with Crippen LogP contribution < -0.4 is 15.8 Å². The number of hydrogen-bond acceptors (Lipinski definition) is 3. The molecule has 4 nitrogen and oxygen atoms in total. The van der Waals surface area contributed by atoms with E-state index < -0.39 is 24.9 Å². The molecule has 0 heterocycles. The summed E-state index contributed by atoms with van der Waals surface area (Å²) in [4.78, 5) is 11.1. The first-order valence-corrected chi connectivity index (χ1v) is 5.69. The summed E-state index contributed by atoms with van der Waals surface area (Å²) in [6.45, 7) is 0.275. The summed E-state index contributed by atoms with van der Waals surface area (Å²) in [6.07, 6.45) is -6.01. The Labute approximate surface area is 108 Å². The van der Waals surface area contributed by atoms with Crippen molar-refractivity contribution in [1.82, 2.24) is 5.32 Å². The number of halogens is 3. The van der Waals surface area contributed by atoms with E-state index in [0.717, 1.165) is 0 Å². The van der Waals surface area contributed by atoms with E-state index >= 15 is 0 Å². The number of anilines is 1. The van der Waals surface area contributed by atoms with Gasteiger partial charge in [0.15, 0.2) is 0 Å². The average molecular weight is 276 g/mol. The number of alkyl halides is 3. The molecule has 0 saturated carbocycles. The summed E-state index contributed by atoms with van der Waals surface area (Å²) in [6, 6.07) is 6.83. The van der Waals surface area contributed by atoms with Crippen molar-refractivity contribution in [2.45, 2.75) is 19.0 Å². The smallest absolute Gasteiger partial charge is 0.389 e. The van der Waals surface area contributed by atoms with Crippen LogP contribution in [0.25, 0.3) is 0 Å². The molecule has 0 saturated heterocycles. The zero-order valence-electron chi connectivity index (χ0n) is 10.2. The Morgan fingerprint density at radius 1 is 1.32 bits per heavy atom. The summed E-state index contributed by atoms with van der Waals surface area (Å²) in [5.41, 5.74) is 6.08. The Morgan fingerprint density at radius 2 is 2.00 bits per heavy atom. The minimum atomic E-state index is -4.31. The summed E-state index contributed by atoms with van der Waals surface area (Å²) in [7, 11) is 0. The van der Waals surface area contributed by atoms with Gasteiger partial charge < -0.3 is 15.8 Å². The molecule has 0 spiro atoms. The molecule has 1 rings (SSSR count). The Hall–Kier alpha value is -1.92. The van der Waals surface area contributed by atoms with Crippen molar-refractivity contribution < 1.29 is 22.7 Å². The normalized spacial score (nSPS) is 11.1. The highest BCUT2D eigenvalue weighted by Crippen LogP contribution is 2.21. The molecule has 1 aromatic carbocycles. The molecule has 19 heavy (non-hydrogen) atoms. The van der Waals surface area contributed by atoms with Gasteiger partial charge in [-0.25, -0.2) is 0 Å². The summed E-state index contributed by atoms with van der Waals surface area (Å²) in [5, 5.41) is 2.34. The summed E-state index contributed by atoms with van der Waals surface area (Å²) in [5.74, 6) is -0.172. The molecule has 0 aliphatic carbocycles. The van der Waals surface area contributed by atoms with Gasteiger partial charge in [0.1, 0.15) is 12.4 Å². The number of hydrogen-bond donors (Lipinski definition) is 2. The number of ether oxygens (including phenoxy) is 1. The molecule has 7 heteroatoms. The van der Waals surface area contributed by atoms with E-state index in [2.05, 4.69) is 5.32 Å². The lowest BCUT2D eigenvalue weighted by molar-refractivity contribution is -0.144. The molecule has 1 amide bonds. The van der Waals surface area contributed by atoms with Gasteiger partial charge in [0.05, 0.1) is 18.7 Å². The summed E-state index contributed by atoms with van der Waals surface area (Å²) < 4.78 is 40.8. The van der Waals surface area contributed by atoms with E-state index in [1.54, 1.807) is 24.3 Å². The van der Waals surface area contributed by atoms with Gasteiger partial charge in [-0.2, -0.15) is 13.2 Å². The fraction of sp³-hybridized carbons (Fsp3) is 0.417. The third-order valence-electron chi connectivity index (χ3n) is 2.24. The Morgan fingerprint density at radius 3 is 2.63 bits per heavy atom. The van der Waals surface area contributed by atoms with Crippen LogP contribution in [-0.4, -0.2) is 25.2 Å². The van der Waals surface area contributed by atoms with Crippen LogP contribution in [0.15, 0.2) is 24.3 Å². The lowest BCUT2D eigenvalue weighted by atomic mass is 10.3. The highest BCUT2D eigenvalue weighted by molar-refractivity contribution is 5.75. The molecule has 0 atom stereocenters. The maximum Gasteiger partial charge on any atom is 0.389 e. The van der Waals surface area contributed by atoms with Crippen molar-refractivity contribution in [2.24, 2.45) is 0 Å². The van der Waals surface area contributed by atoms with Crippen LogP contribution in [-0.2, 0) is 4.79 Å². The SMILES string of the molecule is Nc1ccccc1OCCNC(=O)CCC(F)(F)F. The molecular weight excluding hydrogens is 261 g/mol. The summed E-state index contributed by atoms with van der Waals surface area (Å²) >= 11 is 0. The lowest BCUT2D eigenvalue weighted by Crippen LogP contribution is -2.29. The first kappa shape index (κ1) is 15.1. The molecule has 0 radical (unpaired) electrons. The number of nitrogen functional groups attached to an aromatic ring is 1. The van der Waals surface area contributed by atoms with E-state index in [9.17, 15) is 18.0 Å². The topological polar surface area (TPSA) is 64.3 Å². The molecule has 0 aliphatic rings. The predicted molar refractivity (Wildman–Crippen MR) is 64.6 cm³/mol. The van der Waals surface area contributed by atoms with Gasteiger partial charge in [0.25, 0.3) is 0 Å². The maximum atomic E-state index is 11.9. The number of carbonyl (C=O) groups excluding carboxylic acids is 1. The van der Waals surface area contributed by atoms with E-state index in [-0.39, 0.29) is 13.2 Å². The molecule has 0 bridgehead atoms. The van der Waals surface area contributed by atoms with Crippen LogP contribution in [0, 0.1) is 0 Å². The first-order valence-electron chi connectivity index (χ1n) is 5.69. The van der Waals surface area contributed by atoms with Crippen molar-refractivity contribution in [3.8, 4) is 5.75 Å². The van der Waals surface area contributed by atoms with Crippen LogP contribution in [0.4, 0.5) is 18.9 Å². The molecule has 106 valence electrons. The number of nitrogens with two attached hydrogens (primary N) is 1. The van der Waals surface area contributed by atoms with Gasteiger partial charge in [0, 0.05) is 6.42 Å². The fourth-order valence-corrected chi connectivity index (χ4v) is 1.31. The quantitative estimate of drug-likeness (QED) is 0.618. The second-order valence-corrected chi connectivity index (χ2v) is 3.85. The molecular formula is C12H15F3N2O2. The number of benzene rings is 1. The van der Waals surface area contributed by atoms with Crippen molar-refractivity contribution >= 4 is 11.6 Å². The monoisotopic (exact) mass is 276 g/mol. The van der Waals surface area contributed by atoms with Crippen LogP contribution >= 0.6 is 0 Å². The Balaban J connectivity index is 2.17. The van der Waals surface area contributed by atoms with E-state index in [4.69, 9.17) is 10.5 Å². The number of carbonyl (C=O) groups is 1. The van der Waals surface area contributed by atoms with E-state index in [0.29, 0.717) is 11.4 Å². The minimum Gasteiger partial charge on any atom is -0.490 e. The van der Waals surface area contributed by atoms with Gasteiger partial charge in [-0.1, -0.05) is 12.1 Å². The van der Waals surface area contributed by atoms with Crippen LogP contribution in [0.2, 0.25) is 0 Å². The number of rotatable bonds is 6. The van der Waals surface area contributed by atoms with Crippen molar-refractivity contribution in [3.05, 3.63) is 24.3 Å². The molecule has 0 aliphatic heterocycles. The van der Waals surface area contributed by atoms with Crippen LogP contribution in [0.5, 0.6) is 5.75 Å².